The molecule has 0 saturated carbocycles. The fourth-order valence-electron chi connectivity index (χ4n) is 2.53. The van der Waals surface area contributed by atoms with Gasteiger partial charge in [-0.3, -0.25) is 9.52 Å². The minimum atomic E-state index is -0.243. The normalized spacial score (nSPS) is 24.2. The van der Waals surface area contributed by atoms with Crippen LogP contribution in [0.2, 0.25) is 0 Å². The number of likely N-dealkylation sites (tertiary alicyclic amines) is 1. The molecule has 1 spiro atoms. The summed E-state index contributed by atoms with van der Waals surface area (Å²) in [6, 6.07) is 0. The Morgan fingerprint density at radius 3 is 2.88 bits per heavy atom. The Balaban J connectivity index is 2.03. The maximum absolute atomic E-state index is 12.2. The van der Waals surface area contributed by atoms with Gasteiger partial charge in [0, 0.05) is 10.3 Å². The highest BCUT2D eigenvalue weighted by Gasteiger charge is 2.46. The van der Waals surface area contributed by atoms with Crippen molar-refractivity contribution >= 4 is 29.2 Å². The van der Waals surface area contributed by atoms with Crippen LogP contribution in [0.5, 0.6) is 0 Å². The molecule has 0 radical (unpaired) electrons. The van der Waals surface area contributed by atoms with E-state index in [1.165, 1.54) is 22.4 Å². The summed E-state index contributed by atoms with van der Waals surface area (Å²) in [6.45, 7) is 2.01. The first kappa shape index (κ1) is 10.6. The molecule has 0 aliphatic carbocycles. The molecule has 0 atom stereocenters. The number of piperidine rings is 1. The van der Waals surface area contributed by atoms with Gasteiger partial charge in [-0.1, -0.05) is 0 Å². The van der Waals surface area contributed by atoms with Crippen molar-refractivity contribution in [3.05, 3.63) is 16.3 Å². The van der Waals surface area contributed by atoms with Crippen LogP contribution < -0.4 is 4.72 Å². The van der Waals surface area contributed by atoms with E-state index in [0.29, 0.717) is 0 Å². The zero-order valence-electron chi connectivity index (χ0n) is 9.16. The van der Waals surface area contributed by atoms with E-state index >= 15 is 0 Å². The highest BCUT2D eigenvalue weighted by Crippen LogP contribution is 2.45. The summed E-state index contributed by atoms with van der Waals surface area (Å²) in [5.41, 5.74) is 1.02. The first-order chi connectivity index (χ1) is 7.72. The van der Waals surface area contributed by atoms with Gasteiger partial charge in [-0.2, -0.15) is 11.3 Å². The number of hydrogen-bond donors (Lipinski definition) is 1. The average Bonchev–Trinajstić information content (AvgIpc) is 2.76. The first-order valence-electron chi connectivity index (χ1n) is 5.45. The van der Waals surface area contributed by atoms with E-state index in [0.717, 1.165) is 25.9 Å². The number of hydrogen-bond acceptors (Lipinski definition) is 4. The molecule has 0 unspecified atom stereocenters. The zero-order valence-corrected chi connectivity index (χ0v) is 10.8. The van der Waals surface area contributed by atoms with Crippen LogP contribution in [0.1, 0.15) is 18.4 Å². The predicted molar refractivity (Wildman–Crippen MR) is 66.7 cm³/mol. The van der Waals surface area contributed by atoms with Crippen molar-refractivity contribution in [3.63, 3.8) is 0 Å². The van der Waals surface area contributed by atoms with E-state index in [4.69, 9.17) is 0 Å². The smallest absolute Gasteiger partial charge is 0.240 e. The van der Waals surface area contributed by atoms with Gasteiger partial charge in [-0.15, -0.1) is 0 Å². The van der Waals surface area contributed by atoms with Gasteiger partial charge in [0.15, 0.2) is 0 Å². The maximum Gasteiger partial charge on any atom is 0.240 e. The number of carbonyl (C=O) groups excluding carboxylic acids is 1. The van der Waals surface area contributed by atoms with Gasteiger partial charge in [0.25, 0.3) is 0 Å². The third-order valence-electron chi connectivity index (χ3n) is 3.67. The fraction of sp³-hybridized carbons (Fsp3) is 0.545. The van der Waals surface area contributed by atoms with Gasteiger partial charge in [-0.05, 0) is 55.9 Å². The molecule has 3 heterocycles. The van der Waals surface area contributed by atoms with Crippen LogP contribution in [0.3, 0.4) is 0 Å². The summed E-state index contributed by atoms with van der Waals surface area (Å²) in [6.07, 6.45) is 1.89. The first-order valence-corrected chi connectivity index (χ1v) is 7.21. The zero-order chi connectivity index (χ0) is 11.2. The molecule has 0 bridgehead atoms. The molecule has 1 aromatic heterocycles. The summed E-state index contributed by atoms with van der Waals surface area (Å²) < 4.78 is 2.97. The second-order valence-corrected chi connectivity index (χ2v) is 6.16. The average molecular weight is 254 g/mol. The van der Waals surface area contributed by atoms with Crippen molar-refractivity contribution in [2.24, 2.45) is 0 Å². The second-order valence-electron chi connectivity index (χ2n) is 4.57. The summed E-state index contributed by atoms with van der Waals surface area (Å²) in [4.78, 5) is 15.7. The third kappa shape index (κ3) is 1.42. The molecule has 5 heteroatoms. The van der Waals surface area contributed by atoms with Crippen LogP contribution in [0.25, 0.3) is 0 Å². The Hall–Kier alpha value is -0.520. The van der Waals surface area contributed by atoms with Crippen LogP contribution in [-0.2, 0) is 10.2 Å². The quantitative estimate of drug-likeness (QED) is 0.717. The molecule has 1 amide bonds. The summed E-state index contributed by atoms with van der Waals surface area (Å²) in [5.74, 6) is 0.205. The van der Waals surface area contributed by atoms with Gasteiger partial charge >= 0.3 is 0 Å². The summed E-state index contributed by atoms with van der Waals surface area (Å²) in [7, 11) is 2.12. The van der Waals surface area contributed by atoms with Crippen LogP contribution >= 0.6 is 23.3 Å². The Morgan fingerprint density at radius 2 is 2.12 bits per heavy atom. The Bertz CT molecular complexity index is 421. The molecule has 1 aromatic rings. The van der Waals surface area contributed by atoms with Gasteiger partial charge in [0.05, 0.1) is 5.41 Å². The van der Waals surface area contributed by atoms with Crippen molar-refractivity contribution in [2.75, 3.05) is 20.1 Å². The summed E-state index contributed by atoms with van der Waals surface area (Å²) in [5, 5.41) is 4.30. The molecule has 1 saturated heterocycles. The number of thiophene rings is 1. The predicted octanol–water partition coefficient (Wildman–Crippen LogP) is 1.85. The van der Waals surface area contributed by atoms with Gasteiger partial charge in [0.1, 0.15) is 0 Å². The lowest BCUT2D eigenvalue weighted by molar-refractivity contribution is -0.126. The lowest BCUT2D eigenvalue weighted by Crippen LogP contribution is -2.51. The molecule has 1 N–H and O–H groups in total. The number of fused-ring (bicyclic) bond motifs is 2. The van der Waals surface area contributed by atoms with Gasteiger partial charge in [-0.25, -0.2) is 0 Å². The molecular weight excluding hydrogens is 240 g/mol. The Morgan fingerprint density at radius 1 is 1.38 bits per heavy atom. The lowest BCUT2D eigenvalue weighted by atomic mass is 9.73. The van der Waals surface area contributed by atoms with E-state index in [1.54, 1.807) is 11.3 Å². The Kier molecular flexibility index (Phi) is 2.49. The summed E-state index contributed by atoms with van der Waals surface area (Å²) >= 11 is 3.17. The molecule has 16 heavy (non-hydrogen) atoms. The molecule has 0 aromatic carbocycles. The molecule has 86 valence electrons. The molecule has 2 aliphatic rings. The number of rotatable bonds is 0. The van der Waals surface area contributed by atoms with Gasteiger partial charge < -0.3 is 4.90 Å². The molecule has 2 aliphatic heterocycles. The van der Waals surface area contributed by atoms with Crippen LogP contribution in [0.15, 0.2) is 15.7 Å². The van der Waals surface area contributed by atoms with Crippen LogP contribution in [-0.4, -0.2) is 30.9 Å². The van der Waals surface area contributed by atoms with Crippen molar-refractivity contribution in [1.29, 1.82) is 0 Å². The van der Waals surface area contributed by atoms with E-state index in [-0.39, 0.29) is 11.3 Å². The highest BCUT2D eigenvalue weighted by molar-refractivity contribution is 7.98. The third-order valence-corrected chi connectivity index (χ3v) is 5.41. The largest absolute Gasteiger partial charge is 0.306 e. The molecular formula is C11H14N2OS2. The number of nitrogens with one attached hydrogen (secondary N) is 1. The molecule has 3 nitrogen and oxygen atoms in total. The standard InChI is InChI=1S/C11H14N2OS2/c1-13-4-2-11(3-5-13)8-6-15-7-9(8)16-12-10(11)14/h6-7H,2-5H2,1H3,(H,12,14). The van der Waals surface area contributed by atoms with Crippen molar-refractivity contribution in [3.8, 4) is 0 Å². The van der Waals surface area contributed by atoms with Gasteiger partial charge in [0.2, 0.25) is 5.91 Å². The van der Waals surface area contributed by atoms with Crippen molar-refractivity contribution in [2.45, 2.75) is 23.2 Å². The minimum Gasteiger partial charge on any atom is -0.306 e. The maximum atomic E-state index is 12.2. The second kappa shape index (κ2) is 3.75. The highest BCUT2D eigenvalue weighted by atomic mass is 32.2. The van der Waals surface area contributed by atoms with Crippen molar-refractivity contribution < 1.29 is 4.79 Å². The van der Waals surface area contributed by atoms with Crippen LogP contribution in [0, 0.1) is 0 Å². The number of carbonyl (C=O) groups is 1. The molecule has 1 fully saturated rings. The minimum absolute atomic E-state index is 0.205. The van der Waals surface area contributed by atoms with Crippen LogP contribution in [0.4, 0.5) is 0 Å². The topological polar surface area (TPSA) is 32.3 Å². The van der Waals surface area contributed by atoms with Crippen molar-refractivity contribution in [1.82, 2.24) is 9.62 Å². The molecule has 3 rings (SSSR count). The monoisotopic (exact) mass is 254 g/mol. The Labute approximate surface area is 103 Å². The lowest BCUT2D eigenvalue weighted by Gasteiger charge is -2.41. The number of nitrogens with zero attached hydrogens (tertiary/aromatic N) is 1. The SMILES string of the molecule is CN1CCC2(CC1)C(=O)NSc1cscc12. The number of amides is 1. The van der Waals surface area contributed by atoms with E-state index in [9.17, 15) is 4.79 Å². The van der Waals surface area contributed by atoms with E-state index in [2.05, 4.69) is 27.4 Å². The fourth-order valence-corrected chi connectivity index (χ4v) is 4.53. The van der Waals surface area contributed by atoms with E-state index < -0.39 is 0 Å². The van der Waals surface area contributed by atoms with E-state index in [1.807, 2.05) is 0 Å².